The summed E-state index contributed by atoms with van der Waals surface area (Å²) in [7, 11) is 0. The van der Waals surface area contributed by atoms with E-state index in [0.717, 1.165) is 27.3 Å². The van der Waals surface area contributed by atoms with E-state index in [-0.39, 0.29) is 0 Å². The van der Waals surface area contributed by atoms with Crippen molar-refractivity contribution in [2.75, 3.05) is 0 Å². The fourth-order valence-corrected chi connectivity index (χ4v) is 6.30. The highest BCUT2D eigenvalue weighted by atomic mass is 35.5. The number of para-hydroxylation sites is 2. The average Bonchev–Trinajstić information content (AvgIpc) is 3.50. The minimum atomic E-state index is 0.739. The Balaban J connectivity index is 1.52. The zero-order valence-corrected chi connectivity index (χ0v) is 21.8. The Hall–Kier alpha value is -4.79. The van der Waals surface area contributed by atoms with Crippen LogP contribution in [-0.4, -0.2) is 9.13 Å². The van der Waals surface area contributed by atoms with Crippen molar-refractivity contribution in [3.63, 3.8) is 0 Å². The van der Waals surface area contributed by atoms with Gasteiger partial charge < -0.3 is 9.13 Å². The molecule has 0 spiro atoms. The molecule has 39 heavy (non-hydrogen) atoms. The normalized spacial score (nSPS) is 11.7. The van der Waals surface area contributed by atoms with Crippen LogP contribution in [0.25, 0.3) is 66.1 Å². The minimum Gasteiger partial charge on any atom is -0.309 e. The highest BCUT2D eigenvalue weighted by Crippen LogP contribution is 2.43. The molecular weight excluding hydrogens is 496 g/mol. The minimum absolute atomic E-state index is 0.739. The maximum absolute atomic E-state index is 6.64. The van der Waals surface area contributed by atoms with Gasteiger partial charge in [0, 0.05) is 37.9 Å². The molecule has 6 aromatic carbocycles. The first-order chi connectivity index (χ1) is 19.3. The van der Waals surface area contributed by atoms with Crippen molar-refractivity contribution in [1.82, 2.24) is 9.13 Å². The molecule has 0 bridgehead atoms. The molecule has 0 unspecified atom stereocenters. The Labute approximate surface area is 230 Å². The summed E-state index contributed by atoms with van der Waals surface area (Å²) in [4.78, 5) is 0. The van der Waals surface area contributed by atoms with Crippen LogP contribution in [0.15, 0.2) is 140 Å². The highest BCUT2D eigenvalue weighted by Gasteiger charge is 2.20. The van der Waals surface area contributed by atoms with Crippen molar-refractivity contribution in [1.29, 1.82) is 0 Å². The van der Waals surface area contributed by atoms with Gasteiger partial charge in [-0.15, -0.1) is 0 Å². The van der Waals surface area contributed by atoms with Gasteiger partial charge in [-0.2, -0.15) is 0 Å². The van der Waals surface area contributed by atoms with Gasteiger partial charge in [0.1, 0.15) is 0 Å². The first kappa shape index (κ1) is 22.2. The molecule has 0 fully saturated rings. The maximum Gasteiger partial charge on any atom is 0.0548 e. The standard InChI is InChI=1S/C36H23ClN2/c37-26-18-19-32-30(23-26)36-34(39(32)28-15-9-12-25(22-28)24-10-3-1-4-11-24)21-20-33-35(36)29-16-7-8-17-31(29)38(33)27-13-5-2-6-14-27/h1-23H. The van der Waals surface area contributed by atoms with E-state index < -0.39 is 0 Å². The van der Waals surface area contributed by atoms with E-state index in [1.165, 1.54) is 43.8 Å². The van der Waals surface area contributed by atoms with Crippen molar-refractivity contribution < 1.29 is 0 Å². The van der Waals surface area contributed by atoms with Crippen molar-refractivity contribution in [3.05, 3.63) is 145 Å². The lowest BCUT2D eigenvalue weighted by Gasteiger charge is -2.11. The van der Waals surface area contributed by atoms with Crippen LogP contribution in [0.4, 0.5) is 0 Å². The van der Waals surface area contributed by atoms with E-state index in [0.29, 0.717) is 0 Å². The number of hydrogen-bond donors (Lipinski definition) is 0. The van der Waals surface area contributed by atoms with Crippen molar-refractivity contribution in [3.8, 4) is 22.5 Å². The van der Waals surface area contributed by atoms with Crippen molar-refractivity contribution >= 4 is 55.2 Å². The molecule has 0 aliphatic carbocycles. The molecule has 2 aromatic heterocycles. The van der Waals surface area contributed by atoms with Crippen molar-refractivity contribution in [2.24, 2.45) is 0 Å². The lowest BCUT2D eigenvalue weighted by molar-refractivity contribution is 1.17. The summed E-state index contributed by atoms with van der Waals surface area (Å²) in [5.74, 6) is 0. The second-order valence-electron chi connectivity index (χ2n) is 9.96. The summed E-state index contributed by atoms with van der Waals surface area (Å²) in [6.07, 6.45) is 0. The van der Waals surface area contributed by atoms with Crippen LogP contribution >= 0.6 is 11.6 Å². The molecule has 0 aliphatic heterocycles. The maximum atomic E-state index is 6.64. The van der Waals surface area contributed by atoms with Gasteiger partial charge in [-0.25, -0.2) is 0 Å². The topological polar surface area (TPSA) is 9.86 Å². The molecule has 2 nitrogen and oxygen atoms in total. The van der Waals surface area contributed by atoms with Gasteiger partial charge in [0.25, 0.3) is 0 Å². The fraction of sp³-hybridized carbons (Fsp3) is 0. The SMILES string of the molecule is Clc1ccc2c(c1)c1c3c4ccccc4n(-c4ccccc4)c3ccc1n2-c1cccc(-c2ccccc2)c1. The number of halogens is 1. The van der Waals surface area contributed by atoms with Crippen LogP contribution in [0, 0.1) is 0 Å². The predicted octanol–water partition coefficient (Wildman–Crippen LogP) is 10.2. The van der Waals surface area contributed by atoms with Gasteiger partial charge in [-0.05, 0) is 71.8 Å². The van der Waals surface area contributed by atoms with E-state index in [1.807, 2.05) is 6.07 Å². The zero-order valence-electron chi connectivity index (χ0n) is 21.1. The largest absolute Gasteiger partial charge is 0.309 e. The summed E-state index contributed by atoms with van der Waals surface area (Å²) in [5.41, 5.74) is 9.37. The van der Waals surface area contributed by atoms with Gasteiger partial charge in [-0.3, -0.25) is 0 Å². The number of hydrogen-bond acceptors (Lipinski definition) is 0. The molecule has 2 heterocycles. The highest BCUT2D eigenvalue weighted by molar-refractivity contribution is 6.34. The van der Waals surface area contributed by atoms with E-state index in [1.54, 1.807) is 0 Å². The third-order valence-electron chi connectivity index (χ3n) is 7.75. The summed E-state index contributed by atoms with van der Waals surface area (Å²) >= 11 is 6.64. The fourth-order valence-electron chi connectivity index (χ4n) is 6.13. The molecule has 0 saturated heterocycles. The van der Waals surface area contributed by atoms with Gasteiger partial charge in [0.05, 0.1) is 22.1 Å². The van der Waals surface area contributed by atoms with Crippen LogP contribution in [0.5, 0.6) is 0 Å². The molecule has 8 rings (SSSR count). The Bertz CT molecular complexity index is 2170. The summed E-state index contributed by atoms with van der Waals surface area (Å²) < 4.78 is 4.75. The molecule has 0 radical (unpaired) electrons. The summed E-state index contributed by atoms with van der Waals surface area (Å²) in [6.45, 7) is 0. The van der Waals surface area contributed by atoms with Gasteiger partial charge in [0.2, 0.25) is 0 Å². The van der Waals surface area contributed by atoms with Gasteiger partial charge in [0.15, 0.2) is 0 Å². The van der Waals surface area contributed by atoms with Crippen LogP contribution in [-0.2, 0) is 0 Å². The molecule has 0 N–H and O–H groups in total. The quantitative estimate of drug-likeness (QED) is 0.220. The van der Waals surface area contributed by atoms with Gasteiger partial charge in [-0.1, -0.05) is 90.5 Å². The Kier molecular flexibility index (Phi) is 4.91. The number of nitrogens with zero attached hydrogens (tertiary/aromatic N) is 2. The molecule has 184 valence electrons. The van der Waals surface area contributed by atoms with E-state index in [4.69, 9.17) is 11.6 Å². The van der Waals surface area contributed by atoms with Crippen LogP contribution in [0.3, 0.4) is 0 Å². The second-order valence-corrected chi connectivity index (χ2v) is 10.4. The van der Waals surface area contributed by atoms with Gasteiger partial charge >= 0.3 is 0 Å². The monoisotopic (exact) mass is 518 g/mol. The number of rotatable bonds is 3. The molecule has 3 heteroatoms. The van der Waals surface area contributed by atoms with E-state index in [2.05, 4.69) is 143 Å². The zero-order chi connectivity index (χ0) is 25.9. The molecule has 0 atom stereocenters. The Morgan fingerprint density at radius 3 is 1.74 bits per heavy atom. The Morgan fingerprint density at radius 1 is 0.385 bits per heavy atom. The first-order valence-electron chi connectivity index (χ1n) is 13.1. The second kappa shape index (κ2) is 8.62. The number of aromatic nitrogens is 2. The number of benzene rings is 6. The van der Waals surface area contributed by atoms with Crippen LogP contribution in [0.1, 0.15) is 0 Å². The first-order valence-corrected chi connectivity index (χ1v) is 13.5. The molecular formula is C36H23ClN2. The Morgan fingerprint density at radius 2 is 0.949 bits per heavy atom. The average molecular weight is 519 g/mol. The number of fused-ring (bicyclic) bond motifs is 7. The van der Waals surface area contributed by atoms with Crippen LogP contribution < -0.4 is 0 Å². The summed E-state index contributed by atoms with van der Waals surface area (Å²) in [6, 6.07) is 49.4. The molecule has 8 aromatic rings. The lowest BCUT2D eigenvalue weighted by Crippen LogP contribution is -1.95. The van der Waals surface area contributed by atoms with E-state index in [9.17, 15) is 0 Å². The molecule has 0 amide bonds. The third kappa shape index (κ3) is 3.35. The van der Waals surface area contributed by atoms with Crippen molar-refractivity contribution in [2.45, 2.75) is 0 Å². The molecule has 0 aliphatic rings. The molecule has 0 saturated carbocycles. The third-order valence-corrected chi connectivity index (χ3v) is 7.99. The predicted molar refractivity (Wildman–Crippen MR) is 166 cm³/mol. The smallest absolute Gasteiger partial charge is 0.0548 e. The summed E-state index contributed by atoms with van der Waals surface area (Å²) in [5, 5.41) is 5.60. The van der Waals surface area contributed by atoms with E-state index >= 15 is 0 Å². The van der Waals surface area contributed by atoms with Crippen LogP contribution in [0.2, 0.25) is 5.02 Å². The lowest BCUT2D eigenvalue weighted by atomic mass is 10.0.